The fourth-order valence-corrected chi connectivity index (χ4v) is 2.91. The van der Waals surface area contributed by atoms with E-state index in [0.29, 0.717) is 6.42 Å². The van der Waals surface area contributed by atoms with Crippen molar-refractivity contribution in [3.05, 3.63) is 35.4 Å². The first-order chi connectivity index (χ1) is 10.2. The third kappa shape index (κ3) is 5.62. The minimum Gasteiger partial charge on any atom is -0.342 e. The predicted molar refractivity (Wildman–Crippen MR) is 94.6 cm³/mol. The second-order valence-electron chi connectivity index (χ2n) is 5.98. The van der Waals surface area contributed by atoms with Gasteiger partial charge in [0, 0.05) is 13.1 Å². The molecule has 2 rings (SSSR count). The SMILES string of the molecule is CCNCC1CCN(C(=O)Cc2ccc(CC)cc2)CC1.Cl. The van der Waals surface area contributed by atoms with Crippen LogP contribution in [0.25, 0.3) is 0 Å². The molecule has 1 aromatic rings. The summed E-state index contributed by atoms with van der Waals surface area (Å²) in [5.74, 6) is 1.01. The van der Waals surface area contributed by atoms with Crippen LogP contribution in [0, 0.1) is 5.92 Å². The minimum absolute atomic E-state index is 0. The lowest BCUT2D eigenvalue weighted by molar-refractivity contribution is -0.131. The van der Waals surface area contributed by atoms with Gasteiger partial charge in [-0.15, -0.1) is 12.4 Å². The van der Waals surface area contributed by atoms with Gasteiger partial charge in [-0.3, -0.25) is 4.79 Å². The molecule has 0 atom stereocenters. The molecule has 1 N–H and O–H groups in total. The van der Waals surface area contributed by atoms with Crippen molar-refractivity contribution in [3.8, 4) is 0 Å². The second-order valence-corrected chi connectivity index (χ2v) is 5.98. The maximum atomic E-state index is 12.4. The Labute approximate surface area is 140 Å². The number of carbonyl (C=O) groups excluding carboxylic acids is 1. The highest BCUT2D eigenvalue weighted by molar-refractivity contribution is 5.85. The van der Waals surface area contributed by atoms with Crippen LogP contribution in [0.15, 0.2) is 24.3 Å². The number of hydrogen-bond acceptors (Lipinski definition) is 2. The molecular formula is C18H29ClN2O. The Hall–Kier alpha value is -1.06. The first kappa shape index (κ1) is 19.0. The number of likely N-dealkylation sites (tertiary alicyclic amines) is 1. The fourth-order valence-electron chi connectivity index (χ4n) is 2.91. The number of nitrogens with zero attached hydrogens (tertiary/aromatic N) is 1. The van der Waals surface area contributed by atoms with E-state index < -0.39 is 0 Å². The molecule has 0 aliphatic carbocycles. The van der Waals surface area contributed by atoms with E-state index in [-0.39, 0.29) is 18.3 Å². The number of amides is 1. The van der Waals surface area contributed by atoms with Crippen molar-refractivity contribution in [2.45, 2.75) is 39.5 Å². The van der Waals surface area contributed by atoms with Gasteiger partial charge < -0.3 is 10.2 Å². The van der Waals surface area contributed by atoms with Crippen LogP contribution in [-0.4, -0.2) is 37.0 Å². The summed E-state index contributed by atoms with van der Waals surface area (Å²) in [7, 11) is 0. The maximum absolute atomic E-state index is 12.4. The molecule has 1 saturated heterocycles. The highest BCUT2D eigenvalue weighted by Crippen LogP contribution is 2.17. The van der Waals surface area contributed by atoms with Crippen LogP contribution in [0.5, 0.6) is 0 Å². The topological polar surface area (TPSA) is 32.3 Å². The summed E-state index contributed by atoms with van der Waals surface area (Å²) in [5.41, 5.74) is 2.46. The van der Waals surface area contributed by atoms with Gasteiger partial charge in [-0.05, 0) is 49.4 Å². The Bertz CT molecular complexity index is 439. The van der Waals surface area contributed by atoms with Crippen LogP contribution in [0.2, 0.25) is 0 Å². The molecule has 0 spiro atoms. The molecule has 1 aliphatic heterocycles. The molecule has 1 aromatic carbocycles. The maximum Gasteiger partial charge on any atom is 0.226 e. The molecule has 1 amide bonds. The molecule has 1 aliphatic rings. The van der Waals surface area contributed by atoms with E-state index in [9.17, 15) is 4.79 Å². The zero-order valence-corrected chi connectivity index (χ0v) is 14.6. The second kappa shape index (κ2) is 9.86. The van der Waals surface area contributed by atoms with Gasteiger partial charge in [-0.2, -0.15) is 0 Å². The van der Waals surface area contributed by atoms with Gasteiger partial charge >= 0.3 is 0 Å². The van der Waals surface area contributed by atoms with E-state index in [2.05, 4.69) is 43.4 Å². The van der Waals surface area contributed by atoms with Crippen molar-refractivity contribution < 1.29 is 4.79 Å². The zero-order valence-electron chi connectivity index (χ0n) is 13.8. The molecule has 0 aromatic heterocycles. The summed E-state index contributed by atoms with van der Waals surface area (Å²) in [6.07, 6.45) is 3.86. The summed E-state index contributed by atoms with van der Waals surface area (Å²) < 4.78 is 0. The first-order valence-electron chi connectivity index (χ1n) is 8.29. The standard InChI is InChI=1S/C18H28N2O.ClH/c1-3-15-5-7-16(8-6-15)13-18(21)20-11-9-17(10-12-20)14-19-4-2;/h5-8,17,19H,3-4,9-14H2,1-2H3;1H. The summed E-state index contributed by atoms with van der Waals surface area (Å²) in [6.45, 7) is 8.26. The summed E-state index contributed by atoms with van der Waals surface area (Å²) >= 11 is 0. The van der Waals surface area contributed by atoms with Crippen LogP contribution in [0.1, 0.15) is 37.8 Å². The Kier molecular flexibility index (Phi) is 8.51. The molecule has 0 radical (unpaired) electrons. The molecule has 3 nitrogen and oxygen atoms in total. The van der Waals surface area contributed by atoms with E-state index in [1.165, 1.54) is 5.56 Å². The highest BCUT2D eigenvalue weighted by Gasteiger charge is 2.22. The van der Waals surface area contributed by atoms with Gasteiger partial charge in [0.2, 0.25) is 5.91 Å². The molecule has 0 unspecified atom stereocenters. The molecule has 1 heterocycles. The van der Waals surface area contributed by atoms with Crippen LogP contribution in [0.4, 0.5) is 0 Å². The zero-order chi connectivity index (χ0) is 15.1. The van der Waals surface area contributed by atoms with E-state index in [4.69, 9.17) is 0 Å². The van der Waals surface area contributed by atoms with Crippen LogP contribution < -0.4 is 5.32 Å². The number of halogens is 1. The van der Waals surface area contributed by atoms with Gasteiger partial charge in [-0.1, -0.05) is 38.1 Å². The van der Waals surface area contributed by atoms with Crippen molar-refractivity contribution in [1.82, 2.24) is 10.2 Å². The Morgan fingerprint density at radius 2 is 1.73 bits per heavy atom. The number of piperidine rings is 1. The third-order valence-electron chi connectivity index (χ3n) is 4.44. The summed E-state index contributed by atoms with van der Waals surface area (Å²) in [6, 6.07) is 8.44. The van der Waals surface area contributed by atoms with Crippen molar-refractivity contribution >= 4 is 18.3 Å². The van der Waals surface area contributed by atoms with Gasteiger partial charge in [-0.25, -0.2) is 0 Å². The van der Waals surface area contributed by atoms with E-state index in [0.717, 1.165) is 56.9 Å². The number of nitrogens with one attached hydrogen (secondary N) is 1. The molecule has 0 saturated carbocycles. The van der Waals surface area contributed by atoms with Gasteiger partial charge in [0.1, 0.15) is 0 Å². The Balaban J connectivity index is 0.00000242. The van der Waals surface area contributed by atoms with Crippen molar-refractivity contribution in [1.29, 1.82) is 0 Å². The average molecular weight is 325 g/mol. The van der Waals surface area contributed by atoms with E-state index in [1.54, 1.807) is 0 Å². The summed E-state index contributed by atoms with van der Waals surface area (Å²) in [5, 5.41) is 3.41. The van der Waals surface area contributed by atoms with E-state index >= 15 is 0 Å². The summed E-state index contributed by atoms with van der Waals surface area (Å²) in [4.78, 5) is 14.4. The quantitative estimate of drug-likeness (QED) is 0.872. The molecule has 1 fully saturated rings. The lowest BCUT2D eigenvalue weighted by Gasteiger charge is -2.32. The van der Waals surface area contributed by atoms with Crippen LogP contribution >= 0.6 is 12.4 Å². The molecule has 0 bridgehead atoms. The monoisotopic (exact) mass is 324 g/mol. The van der Waals surface area contributed by atoms with E-state index in [1.807, 2.05) is 4.90 Å². The van der Waals surface area contributed by atoms with Crippen molar-refractivity contribution in [2.24, 2.45) is 5.92 Å². The molecule has 124 valence electrons. The molecular weight excluding hydrogens is 296 g/mol. The van der Waals surface area contributed by atoms with Gasteiger partial charge in [0.25, 0.3) is 0 Å². The lowest BCUT2D eigenvalue weighted by Crippen LogP contribution is -2.41. The molecule has 22 heavy (non-hydrogen) atoms. The predicted octanol–water partition coefficient (Wildman–Crippen LogP) is 3.06. The fraction of sp³-hybridized carbons (Fsp3) is 0.611. The van der Waals surface area contributed by atoms with Crippen LogP contribution in [-0.2, 0) is 17.6 Å². The van der Waals surface area contributed by atoms with Gasteiger partial charge in [0.05, 0.1) is 6.42 Å². The largest absolute Gasteiger partial charge is 0.342 e. The third-order valence-corrected chi connectivity index (χ3v) is 4.44. The first-order valence-corrected chi connectivity index (χ1v) is 8.29. The molecule has 4 heteroatoms. The number of hydrogen-bond donors (Lipinski definition) is 1. The Morgan fingerprint density at radius 1 is 1.14 bits per heavy atom. The number of benzene rings is 1. The van der Waals surface area contributed by atoms with Crippen molar-refractivity contribution in [3.63, 3.8) is 0 Å². The number of carbonyl (C=O) groups is 1. The normalized spacial score (nSPS) is 15.5. The Morgan fingerprint density at radius 3 is 2.27 bits per heavy atom. The smallest absolute Gasteiger partial charge is 0.226 e. The number of rotatable bonds is 6. The van der Waals surface area contributed by atoms with Crippen molar-refractivity contribution in [2.75, 3.05) is 26.2 Å². The van der Waals surface area contributed by atoms with Crippen LogP contribution in [0.3, 0.4) is 0 Å². The lowest BCUT2D eigenvalue weighted by atomic mass is 9.96. The number of aryl methyl sites for hydroxylation is 1. The highest BCUT2D eigenvalue weighted by atomic mass is 35.5. The minimum atomic E-state index is 0. The average Bonchev–Trinajstić information content (AvgIpc) is 2.54. The van der Waals surface area contributed by atoms with Gasteiger partial charge in [0.15, 0.2) is 0 Å².